The first kappa shape index (κ1) is 12.8. The molecule has 0 atom stereocenters. The van der Waals surface area contributed by atoms with E-state index >= 15 is 0 Å². The van der Waals surface area contributed by atoms with Crippen LogP contribution in [0.2, 0.25) is 0 Å². The molecule has 0 aromatic heterocycles. The van der Waals surface area contributed by atoms with Gasteiger partial charge in [0.05, 0.1) is 6.61 Å². The highest BCUT2D eigenvalue weighted by molar-refractivity contribution is 7.86. The van der Waals surface area contributed by atoms with E-state index in [2.05, 4.69) is 0 Å². The summed E-state index contributed by atoms with van der Waals surface area (Å²) in [5.74, 6) is 0. The number of hydrogen-bond acceptors (Lipinski definition) is 4. The zero-order valence-electron chi connectivity index (χ0n) is 7.77. The van der Waals surface area contributed by atoms with Crippen LogP contribution in [0.1, 0.15) is 6.42 Å². The third kappa shape index (κ3) is 5.94. The van der Waals surface area contributed by atoms with Crippen LogP contribution in [0.4, 0.5) is 0 Å². The summed E-state index contributed by atoms with van der Waals surface area (Å²) >= 11 is 0. The summed E-state index contributed by atoms with van der Waals surface area (Å²) in [6.07, 6.45) is 0.597. The molecule has 7 heteroatoms. The molecule has 0 unspecified atom stereocenters. The first-order valence-corrected chi connectivity index (χ1v) is 5.49. The summed E-state index contributed by atoms with van der Waals surface area (Å²) in [6.45, 7) is 1.40. The summed E-state index contributed by atoms with van der Waals surface area (Å²) < 4.78 is 27.8. The van der Waals surface area contributed by atoms with Crippen LogP contribution < -0.4 is 10.9 Å². The minimum absolute atomic E-state index is 0.273. The number of ether oxygens (including phenoxy) is 1. The van der Waals surface area contributed by atoms with Gasteiger partial charge in [-0.15, -0.1) is 0 Å². The second-order valence-corrected chi connectivity index (χ2v) is 4.13. The zero-order chi connectivity index (χ0) is 10.3. The molecule has 0 aliphatic carbocycles. The Balaban J connectivity index is 4.04. The van der Waals surface area contributed by atoms with Gasteiger partial charge in [0.2, 0.25) is 0 Å². The molecule has 0 bridgehead atoms. The predicted molar refractivity (Wildman–Crippen MR) is 50.2 cm³/mol. The Labute approximate surface area is 79.0 Å². The van der Waals surface area contributed by atoms with Crippen LogP contribution >= 0.6 is 0 Å². The van der Waals surface area contributed by atoms with Crippen LogP contribution in [-0.4, -0.2) is 46.1 Å². The van der Waals surface area contributed by atoms with E-state index in [-0.39, 0.29) is 6.54 Å². The number of nitrogens with two attached hydrogens (primary N) is 2. The lowest BCUT2D eigenvalue weighted by Gasteiger charge is -2.18. The topological polar surface area (TPSA) is 98.7 Å². The quantitative estimate of drug-likeness (QED) is 0.534. The fourth-order valence-corrected chi connectivity index (χ4v) is 1.54. The molecule has 0 saturated carbocycles. The van der Waals surface area contributed by atoms with Gasteiger partial charge in [0.25, 0.3) is 10.2 Å². The maximum atomic E-state index is 11.0. The fraction of sp³-hybridized carbons (Fsp3) is 1.00. The molecule has 0 heterocycles. The predicted octanol–water partition coefficient (Wildman–Crippen LogP) is -1.51. The first-order chi connectivity index (χ1) is 6.02. The first-order valence-electron chi connectivity index (χ1n) is 3.99. The lowest BCUT2D eigenvalue weighted by atomic mass is 10.4. The smallest absolute Gasteiger partial charge is 0.276 e. The second-order valence-electron chi connectivity index (χ2n) is 2.58. The second kappa shape index (κ2) is 6.28. The molecule has 0 amide bonds. The molecular weight excluding hydrogens is 194 g/mol. The molecular formula is C6H17N3O3S. The minimum atomic E-state index is -3.61. The Hall–Kier alpha value is -0.210. The number of methoxy groups -OCH3 is 1. The van der Waals surface area contributed by atoms with E-state index in [1.54, 1.807) is 0 Å². The standard InChI is InChI=1S/C6H17N3O3S/c1-12-6-5-9(4-2-3-7)13(8,10)11/h2-7H2,1H3,(H2,8,10,11). The third-order valence-electron chi connectivity index (χ3n) is 1.52. The summed E-state index contributed by atoms with van der Waals surface area (Å²) in [5, 5.41) is 4.96. The van der Waals surface area contributed by atoms with Gasteiger partial charge < -0.3 is 10.5 Å². The molecule has 0 rings (SSSR count). The molecule has 6 nitrogen and oxygen atoms in total. The third-order valence-corrected chi connectivity index (χ3v) is 2.60. The summed E-state index contributed by atoms with van der Waals surface area (Å²) in [6, 6.07) is 0. The number of hydrogen-bond donors (Lipinski definition) is 2. The normalized spacial score (nSPS) is 12.3. The van der Waals surface area contributed by atoms with E-state index in [4.69, 9.17) is 15.6 Å². The Morgan fingerprint density at radius 3 is 2.38 bits per heavy atom. The molecule has 13 heavy (non-hydrogen) atoms. The summed E-state index contributed by atoms with van der Waals surface area (Å²) in [5.41, 5.74) is 5.26. The number of nitrogens with zero attached hydrogens (tertiary/aromatic N) is 1. The monoisotopic (exact) mass is 211 g/mol. The molecule has 0 radical (unpaired) electrons. The highest BCUT2D eigenvalue weighted by atomic mass is 32.2. The van der Waals surface area contributed by atoms with Crippen LogP contribution in [0.15, 0.2) is 0 Å². The van der Waals surface area contributed by atoms with Crippen molar-refractivity contribution in [2.75, 3.05) is 33.4 Å². The molecule has 80 valence electrons. The van der Waals surface area contributed by atoms with Crippen LogP contribution in [0.25, 0.3) is 0 Å². The molecule has 0 fully saturated rings. The van der Waals surface area contributed by atoms with Crippen LogP contribution in [-0.2, 0) is 14.9 Å². The Bertz CT molecular complexity index is 209. The lowest BCUT2D eigenvalue weighted by molar-refractivity contribution is 0.178. The van der Waals surface area contributed by atoms with Crippen LogP contribution in [0, 0.1) is 0 Å². The largest absolute Gasteiger partial charge is 0.383 e. The van der Waals surface area contributed by atoms with Crippen molar-refractivity contribution in [3.05, 3.63) is 0 Å². The van der Waals surface area contributed by atoms with Crippen molar-refractivity contribution in [1.29, 1.82) is 0 Å². The van der Waals surface area contributed by atoms with Gasteiger partial charge in [0, 0.05) is 20.2 Å². The van der Waals surface area contributed by atoms with Crippen molar-refractivity contribution < 1.29 is 13.2 Å². The van der Waals surface area contributed by atoms with Gasteiger partial charge in [0.15, 0.2) is 0 Å². The van der Waals surface area contributed by atoms with E-state index in [1.807, 2.05) is 0 Å². The van der Waals surface area contributed by atoms with Gasteiger partial charge >= 0.3 is 0 Å². The summed E-state index contributed by atoms with van der Waals surface area (Å²) in [4.78, 5) is 0. The summed E-state index contributed by atoms with van der Waals surface area (Å²) in [7, 11) is -2.11. The van der Waals surface area contributed by atoms with E-state index in [1.165, 1.54) is 7.11 Å². The van der Waals surface area contributed by atoms with Gasteiger partial charge in [-0.1, -0.05) is 0 Å². The Morgan fingerprint density at radius 2 is 2.00 bits per heavy atom. The average Bonchev–Trinajstić information content (AvgIpc) is 2.02. The molecule has 0 aromatic carbocycles. The van der Waals surface area contributed by atoms with Gasteiger partial charge in [-0.25, -0.2) is 5.14 Å². The van der Waals surface area contributed by atoms with Gasteiger partial charge in [-0.3, -0.25) is 0 Å². The fourth-order valence-electron chi connectivity index (χ4n) is 0.827. The highest BCUT2D eigenvalue weighted by Crippen LogP contribution is 1.95. The van der Waals surface area contributed by atoms with Crippen molar-refractivity contribution >= 4 is 10.2 Å². The molecule has 0 spiro atoms. The van der Waals surface area contributed by atoms with E-state index in [0.29, 0.717) is 26.1 Å². The van der Waals surface area contributed by atoms with E-state index in [0.717, 1.165) is 4.31 Å². The van der Waals surface area contributed by atoms with Crippen molar-refractivity contribution in [3.63, 3.8) is 0 Å². The SMILES string of the molecule is COCCN(CCCN)S(N)(=O)=O. The van der Waals surface area contributed by atoms with Crippen molar-refractivity contribution in [2.24, 2.45) is 10.9 Å². The zero-order valence-corrected chi connectivity index (χ0v) is 8.59. The van der Waals surface area contributed by atoms with Gasteiger partial charge in [-0.2, -0.15) is 12.7 Å². The van der Waals surface area contributed by atoms with Crippen molar-refractivity contribution in [2.45, 2.75) is 6.42 Å². The Kier molecular flexibility index (Phi) is 6.17. The van der Waals surface area contributed by atoms with E-state index < -0.39 is 10.2 Å². The molecule has 0 aliphatic heterocycles. The van der Waals surface area contributed by atoms with Gasteiger partial charge in [-0.05, 0) is 13.0 Å². The van der Waals surface area contributed by atoms with Crippen molar-refractivity contribution in [3.8, 4) is 0 Å². The molecule has 0 aromatic rings. The molecule has 0 aliphatic rings. The minimum Gasteiger partial charge on any atom is -0.383 e. The Morgan fingerprint density at radius 1 is 1.38 bits per heavy atom. The highest BCUT2D eigenvalue weighted by Gasteiger charge is 2.15. The van der Waals surface area contributed by atoms with Crippen molar-refractivity contribution in [1.82, 2.24) is 4.31 Å². The maximum Gasteiger partial charge on any atom is 0.276 e. The van der Waals surface area contributed by atoms with E-state index in [9.17, 15) is 8.42 Å². The molecule has 4 N–H and O–H groups in total. The lowest BCUT2D eigenvalue weighted by Crippen LogP contribution is -2.40. The average molecular weight is 211 g/mol. The van der Waals surface area contributed by atoms with Crippen LogP contribution in [0.5, 0.6) is 0 Å². The van der Waals surface area contributed by atoms with Gasteiger partial charge in [0.1, 0.15) is 0 Å². The molecule has 0 saturated heterocycles. The van der Waals surface area contributed by atoms with Crippen LogP contribution in [0.3, 0.4) is 0 Å². The maximum absolute atomic E-state index is 11.0. The number of rotatable bonds is 7.